The van der Waals surface area contributed by atoms with Crippen LogP contribution in [0.25, 0.3) is 0 Å². The maximum absolute atomic E-state index is 12.1. The molecule has 104 valence electrons. The van der Waals surface area contributed by atoms with E-state index in [1.54, 1.807) is 0 Å². The standard InChI is InChI=1S/C15H27NO2/c1-11-7-12(2)14(15(18)8-11)9-16-5-3-13(10-17)4-6-16/h11-14,17H,3-10H2,1-2H3. The molecule has 0 radical (unpaired) electrons. The van der Waals surface area contributed by atoms with E-state index in [9.17, 15) is 4.79 Å². The lowest BCUT2D eigenvalue weighted by Crippen LogP contribution is -2.43. The SMILES string of the molecule is CC1CC(=O)C(CN2CCC(CO)CC2)C(C)C1. The zero-order chi connectivity index (χ0) is 13.1. The predicted octanol–water partition coefficient (Wildman–Crippen LogP) is 1.94. The molecule has 1 saturated heterocycles. The van der Waals surface area contributed by atoms with Gasteiger partial charge < -0.3 is 10.0 Å². The molecule has 1 aliphatic carbocycles. The average molecular weight is 253 g/mol. The molecular weight excluding hydrogens is 226 g/mol. The number of aliphatic hydroxyl groups is 1. The molecule has 1 aliphatic heterocycles. The van der Waals surface area contributed by atoms with Gasteiger partial charge in [-0.15, -0.1) is 0 Å². The molecular formula is C15H27NO2. The number of carbonyl (C=O) groups is 1. The molecule has 0 aromatic rings. The third-order valence-corrected chi connectivity index (χ3v) is 4.84. The van der Waals surface area contributed by atoms with Crippen molar-refractivity contribution in [3.63, 3.8) is 0 Å². The Hall–Kier alpha value is -0.410. The Kier molecular flexibility index (Phi) is 4.79. The number of ketones is 1. The second-order valence-corrected chi connectivity index (χ2v) is 6.52. The number of carbonyl (C=O) groups excluding carboxylic acids is 1. The molecule has 3 unspecified atom stereocenters. The van der Waals surface area contributed by atoms with Crippen LogP contribution in [0.4, 0.5) is 0 Å². The van der Waals surface area contributed by atoms with Crippen molar-refractivity contribution >= 4 is 5.78 Å². The Balaban J connectivity index is 1.84. The van der Waals surface area contributed by atoms with E-state index < -0.39 is 0 Å². The van der Waals surface area contributed by atoms with E-state index in [2.05, 4.69) is 18.7 Å². The fourth-order valence-electron chi connectivity index (χ4n) is 3.61. The molecule has 2 fully saturated rings. The second-order valence-electron chi connectivity index (χ2n) is 6.52. The van der Waals surface area contributed by atoms with E-state index in [1.807, 2.05) is 0 Å². The number of hydrogen-bond donors (Lipinski definition) is 1. The quantitative estimate of drug-likeness (QED) is 0.835. The van der Waals surface area contributed by atoms with Crippen LogP contribution in [-0.2, 0) is 4.79 Å². The Morgan fingerprint density at radius 2 is 1.94 bits per heavy atom. The Labute approximate surface area is 111 Å². The fourth-order valence-corrected chi connectivity index (χ4v) is 3.61. The van der Waals surface area contributed by atoms with Crippen molar-refractivity contribution in [1.29, 1.82) is 0 Å². The van der Waals surface area contributed by atoms with Crippen LogP contribution in [0.1, 0.15) is 39.5 Å². The van der Waals surface area contributed by atoms with E-state index in [1.165, 1.54) is 6.42 Å². The summed E-state index contributed by atoms with van der Waals surface area (Å²) in [6.07, 6.45) is 4.15. The zero-order valence-electron chi connectivity index (χ0n) is 11.8. The van der Waals surface area contributed by atoms with Gasteiger partial charge in [0.05, 0.1) is 0 Å². The Morgan fingerprint density at radius 3 is 2.50 bits per heavy atom. The molecule has 1 heterocycles. The Morgan fingerprint density at radius 1 is 1.28 bits per heavy atom. The highest BCUT2D eigenvalue weighted by Gasteiger charge is 2.34. The molecule has 3 nitrogen and oxygen atoms in total. The number of likely N-dealkylation sites (tertiary alicyclic amines) is 1. The van der Waals surface area contributed by atoms with E-state index in [0.717, 1.165) is 38.9 Å². The highest BCUT2D eigenvalue weighted by molar-refractivity contribution is 5.82. The second kappa shape index (κ2) is 6.16. The third-order valence-electron chi connectivity index (χ3n) is 4.84. The normalized spacial score (nSPS) is 35.9. The number of piperidine rings is 1. The topological polar surface area (TPSA) is 40.5 Å². The van der Waals surface area contributed by atoms with Crippen molar-refractivity contribution in [2.24, 2.45) is 23.7 Å². The van der Waals surface area contributed by atoms with Gasteiger partial charge in [-0.05, 0) is 50.1 Å². The summed E-state index contributed by atoms with van der Waals surface area (Å²) in [5, 5.41) is 9.14. The third kappa shape index (κ3) is 3.33. The molecule has 0 aromatic carbocycles. The van der Waals surface area contributed by atoms with Crippen LogP contribution in [0.15, 0.2) is 0 Å². The van der Waals surface area contributed by atoms with E-state index in [-0.39, 0.29) is 5.92 Å². The number of aliphatic hydroxyl groups excluding tert-OH is 1. The van der Waals surface area contributed by atoms with Gasteiger partial charge >= 0.3 is 0 Å². The maximum Gasteiger partial charge on any atom is 0.137 e. The lowest BCUT2D eigenvalue weighted by Gasteiger charge is -2.37. The zero-order valence-corrected chi connectivity index (χ0v) is 11.8. The highest BCUT2D eigenvalue weighted by atomic mass is 16.3. The van der Waals surface area contributed by atoms with Crippen LogP contribution in [0.5, 0.6) is 0 Å². The summed E-state index contributed by atoms with van der Waals surface area (Å²) in [6, 6.07) is 0. The Bertz CT molecular complexity index is 284. The van der Waals surface area contributed by atoms with Crippen molar-refractivity contribution in [1.82, 2.24) is 4.90 Å². The highest BCUT2D eigenvalue weighted by Crippen LogP contribution is 2.32. The largest absolute Gasteiger partial charge is 0.396 e. The predicted molar refractivity (Wildman–Crippen MR) is 72.3 cm³/mol. The molecule has 3 heteroatoms. The van der Waals surface area contributed by atoms with Crippen molar-refractivity contribution in [3.8, 4) is 0 Å². The van der Waals surface area contributed by atoms with E-state index in [0.29, 0.717) is 30.1 Å². The van der Waals surface area contributed by atoms with Crippen LogP contribution in [0.3, 0.4) is 0 Å². The summed E-state index contributed by atoms with van der Waals surface area (Å²) in [7, 11) is 0. The maximum atomic E-state index is 12.1. The smallest absolute Gasteiger partial charge is 0.137 e. The van der Waals surface area contributed by atoms with Gasteiger partial charge in [0.25, 0.3) is 0 Å². The molecule has 0 bridgehead atoms. The minimum Gasteiger partial charge on any atom is -0.396 e. The minimum atomic E-state index is 0.256. The van der Waals surface area contributed by atoms with E-state index in [4.69, 9.17) is 5.11 Å². The first-order valence-corrected chi connectivity index (χ1v) is 7.46. The van der Waals surface area contributed by atoms with Gasteiger partial charge in [0.1, 0.15) is 5.78 Å². The molecule has 1 N–H and O–H groups in total. The monoisotopic (exact) mass is 253 g/mol. The molecule has 1 saturated carbocycles. The average Bonchev–Trinajstić information content (AvgIpc) is 2.34. The molecule has 0 spiro atoms. The molecule has 0 amide bonds. The minimum absolute atomic E-state index is 0.256. The van der Waals surface area contributed by atoms with Crippen LogP contribution >= 0.6 is 0 Å². The van der Waals surface area contributed by atoms with E-state index >= 15 is 0 Å². The first-order chi connectivity index (χ1) is 8.60. The van der Waals surface area contributed by atoms with Crippen LogP contribution in [0.2, 0.25) is 0 Å². The molecule has 18 heavy (non-hydrogen) atoms. The summed E-state index contributed by atoms with van der Waals surface area (Å²) < 4.78 is 0. The van der Waals surface area contributed by atoms with Crippen LogP contribution in [-0.4, -0.2) is 42.0 Å². The lowest BCUT2D eigenvalue weighted by atomic mass is 9.74. The fraction of sp³-hybridized carbons (Fsp3) is 0.933. The van der Waals surface area contributed by atoms with Crippen LogP contribution < -0.4 is 0 Å². The molecule has 2 aliphatic rings. The van der Waals surface area contributed by atoms with Gasteiger partial charge in [0, 0.05) is 25.5 Å². The summed E-state index contributed by atoms with van der Waals surface area (Å²) in [4.78, 5) is 14.6. The number of hydrogen-bond acceptors (Lipinski definition) is 3. The number of nitrogens with zero attached hydrogens (tertiary/aromatic N) is 1. The van der Waals surface area contributed by atoms with Crippen molar-refractivity contribution < 1.29 is 9.90 Å². The number of Topliss-reactive ketones (excluding diaryl/α,β-unsaturated/α-hetero) is 1. The van der Waals surface area contributed by atoms with Gasteiger partial charge in [-0.2, -0.15) is 0 Å². The molecule has 0 aromatic heterocycles. The summed E-state index contributed by atoms with van der Waals surface area (Å²) >= 11 is 0. The van der Waals surface area contributed by atoms with Crippen LogP contribution in [0, 0.1) is 23.7 Å². The molecule has 2 rings (SSSR count). The lowest BCUT2D eigenvalue weighted by molar-refractivity contribution is -0.128. The molecule has 3 atom stereocenters. The first kappa shape index (κ1) is 14.0. The van der Waals surface area contributed by atoms with Gasteiger partial charge in [0.15, 0.2) is 0 Å². The van der Waals surface area contributed by atoms with Crippen molar-refractivity contribution in [2.45, 2.75) is 39.5 Å². The van der Waals surface area contributed by atoms with Crippen molar-refractivity contribution in [2.75, 3.05) is 26.2 Å². The summed E-state index contributed by atoms with van der Waals surface area (Å²) in [5.74, 6) is 2.33. The van der Waals surface area contributed by atoms with Gasteiger partial charge in [-0.1, -0.05) is 13.8 Å². The van der Waals surface area contributed by atoms with Gasteiger partial charge in [-0.25, -0.2) is 0 Å². The summed E-state index contributed by atoms with van der Waals surface area (Å²) in [6.45, 7) is 7.81. The van der Waals surface area contributed by atoms with Gasteiger partial charge in [0.2, 0.25) is 0 Å². The van der Waals surface area contributed by atoms with Gasteiger partial charge in [-0.3, -0.25) is 4.79 Å². The first-order valence-electron chi connectivity index (χ1n) is 7.46. The van der Waals surface area contributed by atoms with Crippen molar-refractivity contribution in [3.05, 3.63) is 0 Å². The summed E-state index contributed by atoms with van der Waals surface area (Å²) in [5.41, 5.74) is 0. The number of rotatable bonds is 3.